The first kappa shape index (κ1) is 88.0. The van der Waals surface area contributed by atoms with Gasteiger partial charge in [-0.15, -0.1) is 34.0 Å². The van der Waals surface area contributed by atoms with E-state index in [1.165, 1.54) is 88.4 Å². The summed E-state index contributed by atoms with van der Waals surface area (Å²) in [6, 6.07) is 61.4. The fraction of sp³-hybridized carbons (Fsp3) is 0.223. The molecule has 132 heavy (non-hydrogen) atoms. The summed E-state index contributed by atoms with van der Waals surface area (Å²) in [4.78, 5) is 96.4. The van der Waals surface area contributed by atoms with Gasteiger partial charge in [0.1, 0.15) is 88.2 Å². The summed E-state index contributed by atoms with van der Waals surface area (Å²) < 4.78 is 74.0. The number of aromatic nitrogens is 5. The second kappa shape index (κ2) is 37.8. The molecule has 0 saturated heterocycles. The van der Waals surface area contributed by atoms with Crippen LogP contribution in [0.2, 0.25) is 0 Å². The van der Waals surface area contributed by atoms with Gasteiger partial charge in [0.15, 0.2) is 11.2 Å². The fourth-order valence-corrected chi connectivity index (χ4v) is 19.9. The van der Waals surface area contributed by atoms with Gasteiger partial charge in [0, 0.05) is 163 Å². The van der Waals surface area contributed by atoms with Gasteiger partial charge in [-0.3, -0.25) is 0 Å². The van der Waals surface area contributed by atoms with Crippen molar-refractivity contribution in [2.45, 2.75) is 81.1 Å². The lowest BCUT2D eigenvalue weighted by Crippen LogP contribution is -2.34. The summed E-state index contributed by atoms with van der Waals surface area (Å²) in [7, 11) is 1.63. The van der Waals surface area contributed by atoms with Crippen molar-refractivity contribution < 1.29 is 49.5 Å². The first-order valence-corrected chi connectivity index (χ1v) is 46.3. The molecule has 2 aliphatic rings. The van der Waals surface area contributed by atoms with Crippen LogP contribution < -0.4 is 57.4 Å². The largest absolute Gasteiger partial charge is 0.508 e. The maximum absolute atomic E-state index is 13.4. The Bertz CT molecular complexity index is 7640. The fourth-order valence-electron chi connectivity index (χ4n) is 16.9. The minimum atomic E-state index is -0.541. The average Bonchev–Trinajstić information content (AvgIpc) is 1.21. The number of para-hydroxylation sites is 1. The minimum absolute atomic E-state index is 0.0784. The molecular weight excluding hydrogens is 1740 g/mol. The van der Waals surface area contributed by atoms with Gasteiger partial charge in [-0.25, -0.2) is 57.7 Å². The number of fused-ring (bicyclic) bond motifs is 11. The first-order chi connectivity index (χ1) is 64.2. The summed E-state index contributed by atoms with van der Waals surface area (Å²) in [5.74, 6) is 0.404. The number of hydrogen-bond donors (Lipinski definition) is 1. The molecule has 1 N–H and O–H groups in total. The molecular formula is C103H90F2N10O14S3. The van der Waals surface area contributed by atoms with E-state index in [9.17, 15) is 37.9 Å². The number of nitrogens with zero attached hydrogens (tertiary/aromatic N) is 10. The summed E-state index contributed by atoms with van der Waals surface area (Å²) in [6.45, 7) is 26.0. The van der Waals surface area contributed by atoms with Crippen LogP contribution in [0.3, 0.4) is 0 Å². The van der Waals surface area contributed by atoms with Gasteiger partial charge in [-0.05, 0) is 244 Å². The number of rotatable bonds is 18. The molecule has 0 aliphatic carbocycles. The average molecular weight is 1830 g/mol. The Morgan fingerprint density at radius 2 is 0.750 bits per heavy atom. The zero-order chi connectivity index (χ0) is 91.7. The van der Waals surface area contributed by atoms with E-state index in [1.807, 2.05) is 121 Å². The van der Waals surface area contributed by atoms with Gasteiger partial charge < -0.3 is 65.3 Å². The smallest absolute Gasteiger partial charge is 0.349 e. The quantitative estimate of drug-likeness (QED) is 0.0781. The predicted molar refractivity (Wildman–Crippen MR) is 525 cm³/mol. The molecule has 0 radical (unpaired) electrons. The van der Waals surface area contributed by atoms with Gasteiger partial charge in [-0.2, -0.15) is 0 Å². The number of thiazole rings is 3. The number of phenols is 1. The second-order valence-electron chi connectivity index (χ2n) is 31.6. The summed E-state index contributed by atoms with van der Waals surface area (Å²) >= 11 is 4.29. The number of hydrogen-bond acceptors (Lipinski definition) is 27. The van der Waals surface area contributed by atoms with Crippen LogP contribution in [-0.2, 0) is 12.8 Å². The molecule has 0 bridgehead atoms. The highest BCUT2D eigenvalue weighted by atomic mass is 32.1. The molecule has 2 aliphatic heterocycles. The van der Waals surface area contributed by atoms with E-state index in [0.717, 1.165) is 171 Å². The molecule has 0 saturated carbocycles. The summed E-state index contributed by atoms with van der Waals surface area (Å²) in [5.41, 5.74) is 14.9. The Hall–Kier alpha value is -14.7. The van der Waals surface area contributed by atoms with Crippen LogP contribution in [0.1, 0.15) is 79.4 Å². The van der Waals surface area contributed by atoms with Crippen molar-refractivity contribution >= 4 is 170 Å². The number of phenolic OH excluding ortho intramolecular Hbond substituents is 1. The number of halogens is 2. The van der Waals surface area contributed by atoms with Crippen LogP contribution in [-0.4, -0.2) is 103 Å². The van der Waals surface area contributed by atoms with E-state index in [0.29, 0.717) is 75.9 Å². The van der Waals surface area contributed by atoms with E-state index in [4.69, 9.17) is 35.7 Å². The van der Waals surface area contributed by atoms with E-state index < -0.39 is 22.7 Å². The first-order valence-electron chi connectivity index (χ1n) is 43.9. The lowest BCUT2D eigenvalue weighted by atomic mass is 9.90. The summed E-state index contributed by atoms with van der Waals surface area (Å²) in [6.07, 6.45) is 4.40. The highest BCUT2D eigenvalue weighted by molar-refractivity contribution is 7.22. The van der Waals surface area contributed by atoms with E-state index in [2.05, 4.69) is 117 Å². The maximum atomic E-state index is 13.4. The Morgan fingerprint density at radius 1 is 0.364 bits per heavy atom. The predicted octanol–water partition coefficient (Wildman–Crippen LogP) is 23.5. The molecule has 10 aromatic carbocycles. The molecule has 0 unspecified atom stereocenters. The van der Waals surface area contributed by atoms with Crippen molar-refractivity contribution in [3.05, 3.63) is 281 Å². The SMILES string of the molecule is CCN(CC)c1ccc2cc(-c3nc4ccc(F)cc4o3)c(=O)oc2c1.CCN(CC)c1ccc2cc(-c3nc4ccc(F)cc4s3)c(=O)oc2c1.CCN(CC)c1ccc2cc(-c3nc4ccc(O)cc4o3)c(=O)oc2c1.CCN(CC)c1ccc2cc(-c3nc4ccc(OC)cc4s3)c(=O)oc2c1.O=c1oc2c3c4c(cc2cc1-c1nc2ccccc2s1)CCCN4CCC3. The van der Waals surface area contributed by atoms with Crippen LogP contribution in [0.15, 0.2) is 261 Å². The zero-order valence-electron chi connectivity index (χ0n) is 73.7. The highest BCUT2D eigenvalue weighted by Gasteiger charge is 2.29. The number of oxazole rings is 2. The Balaban J connectivity index is 0.000000111. The molecule has 0 spiro atoms. The van der Waals surface area contributed by atoms with Crippen LogP contribution in [0, 0.1) is 11.6 Å². The molecule has 29 heteroatoms. The number of aryl methyl sites for hydroxylation is 2. The Kier molecular flexibility index (Phi) is 25.2. The number of anilines is 5. The van der Waals surface area contributed by atoms with Gasteiger partial charge in [0.25, 0.3) is 0 Å². The Morgan fingerprint density at radius 3 is 1.22 bits per heavy atom. The lowest BCUT2D eigenvalue weighted by molar-refractivity contribution is 0.415. The third-order valence-electron chi connectivity index (χ3n) is 23.7. The number of benzene rings is 10. The van der Waals surface area contributed by atoms with Gasteiger partial charge in [0.2, 0.25) is 11.8 Å². The minimum Gasteiger partial charge on any atom is -0.508 e. The van der Waals surface area contributed by atoms with Gasteiger partial charge in [0.05, 0.1) is 54.5 Å². The monoisotopic (exact) mass is 1820 g/mol. The van der Waals surface area contributed by atoms with Crippen molar-refractivity contribution in [1.82, 2.24) is 24.9 Å². The molecule has 0 amide bonds. The maximum Gasteiger partial charge on any atom is 0.349 e. The van der Waals surface area contributed by atoms with Crippen molar-refractivity contribution in [3.63, 3.8) is 0 Å². The lowest BCUT2D eigenvalue weighted by Gasteiger charge is -2.37. The molecule has 24 nitrogen and oxygen atoms in total. The molecule has 10 aromatic heterocycles. The van der Waals surface area contributed by atoms with Crippen molar-refractivity contribution in [3.8, 4) is 66.1 Å². The number of aromatic hydroxyl groups is 1. The van der Waals surface area contributed by atoms with E-state index >= 15 is 0 Å². The van der Waals surface area contributed by atoms with Gasteiger partial charge in [-0.1, -0.05) is 12.1 Å². The van der Waals surface area contributed by atoms with E-state index in [1.54, 1.807) is 48.8 Å². The Labute approximate surface area is 765 Å². The van der Waals surface area contributed by atoms with Gasteiger partial charge >= 0.3 is 28.1 Å². The van der Waals surface area contributed by atoms with Crippen LogP contribution in [0.5, 0.6) is 11.5 Å². The summed E-state index contributed by atoms with van der Waals surface area (Å²) in [5, 5.41) is 15.8. The van der Waals surface area contributed by atoms with Crippen molar-refractivity contribution in [2.75, 3.05) is 97.1 Å². The third-order valence-corrected chi connectivity index (χ3v) is 26.9. The molecule has 20 aromatic rings. The molecule has 12 heterocycles. The van der Waals surface area contributed by atoms with Crippen molar-refractivity contribution in [1.29, 1.82) is 0 Å². The second-order valence-corrected chi connectivity index (χ2v) is 34.7. The van der Waals surface area contributed by atoms with Crippen LogP contribution >= 0.6 is 34.0 Å². The topological polar surface area (TPSA) is 287 Å². The van der Waals surface area contributed by atoms with Crippen molar-refractivity contribution in [2.24, 2.45) is 0 Å². The van der Waals surface area contributed by atoms with Crippen LogP contribution in [0.25, 0.3) is 162 Å². The third kappa shape index (κ3) is 17.9. The number of ether oxygens (including phenoxy) is 1. The molecule has 0 atom stereocenters. The van der Waals surface area contributed by atoms with E-state index in [-0.39, 0.29) is 51.3 Å². The molecule has 0 fully saturated rings. The number of methoxy groups -OCH3 is 1. The zero-order valence-corrected chi connectivity index (χ0v) is 76.2. The van der Waals surface area contributed by atoms with Crippen LogP contribution in [0.4, 0.5) is 37.2 Å². The normalized spacial score (nSPS) is 12.3. The standard InChI is InChI=1S/C22H18N2O2S.C21H20N2O3S.C20H17FN2O3.C20H17FN2O2S.C20H18N2O4/c25-22-16(21-23-17-7-1-2-8-18(17)27-21)12-14-11-13-5-3-9-24-10-4-6-15(19(13)24)20(14)26-22;1-4-23(5-2)14-7-6-13-10-16(21(24)26-18(13)11-14)20-22-17-9-8-15(25-3)12-19(17)27-20;1-3-23(4-2)14-7-5-12-9-15(20(24)26-17(12)11-14)19-22-16-8-6-13(21)10-18(16)25-19;1-3-23(4-2)14-7-5-12-9-15(20(24)25-17(12)11-14)19-22-16-8-6-13(21)10-18(16)26-19;1-3-22(4-2)13-6-5-12-9-15(20(24)26-17(12)10-13)19-21-16-8-7-14(23)11-18(16)25-19/h1-2,7-8,11-12H,3-6,9-10H2;6-12H,4-5H2,1-3H3;2*5-11H,3-4H2,1-2H3;5-11,23H,3-4H2,1-2H3. The molecule has 22 rings (SSSR count). The highest BCUT2D eigenvalue weighted by Crippen LogP contribution is 2.43. The molecule has 668 valence electrons.